The van der Waals surface area contributed by atoms with Gasteiger partial charge in [-0.3, -0.25) is 18.7 Å². The van der Waals surface area contributed by atoms with Crippen LogP contribution < -0.4 is 25.7 Å². The van der Waals surface area contributed by atoms with Gasteiger partial charge in [-0.05, 0) is 41.8 Å². The Morgan fingerprint density at radius 1 is 0.952 bits per heavy atom. The van der Waals surface area contributed by atoms with Gasteiger partial charge in [0.15, 0.2) is 5.75 Å². The van der Waals surface area contributed by atoms with Crippen LogP contribution in [0.2, 0.25) is 0 Å². The molecule has 2 aromatic carbocycles. The SMILES string of the molecule is CC.CC(F)(F)F.CCc1ccc(-n2c(=O)n(Cc3ccc(OC)cc3)c(=O)c3c(OSC)cc(=O)n(C)c32)c(F)c1. The van der Waals surface area contributed by atoms with Crippen molar-refractivity contribution in [1.82, 2.24) is 13.7 Å². The lowest BCUT2D eigenvalue weighted by Gasteiger charge is -2.18. The molecular weight excluding hydrogens is 578 g/mol. The number of fused-ring (bicyclic) bond motifs is 1. The molecule has 0 spiro atoms. The predicted octanol–water partition coefficient (Wildman–Crippen LogP) is 5.86. The van der Waals surface area contributed by atoms with Gasteiger partial charge in [0.2, 0.25) is 0 Å². The maximum atomic E-state index is 15.3. The molecule has 8 nitrogen and oxygen atoms in total. The first-order valence-corrected chi connectivity index (χ1v) is 14.0. The van der Waals surface area contributed by atoms with E-state index in [1.807, 2.05) is 20.8 Å². The third-order valence-electron chi connectivity index (χ3n) is 5.80. The molecule has 0 aliphatic carbocycles. The lowest BCUT2D eigenvalue weighted by Crippen LogP contribution is -2.42. The molecule has 13 heteroatoms. The lowest BCUT2D eigenvalue weighted by molar-refractivity contribution is -0.110. The number of nitrogens with zero attached hydrogens (tertiary/aromatic N) is 3. The van der Waals surface area contributed by atoms with E-state index in [0.717, 1.165) is 31.3 Å². The topological polar surface area (TPSA) is 84.5 Å². The normalized spacial score (nSPS) is 10.8. The summed E-state index contributed by atoms with van der Waals surface area (Å²) in [4.78, 5) is 40.1. The summed E-state index contributed by atoms with van der Waals surface area (Å²) in [6, 6.07) is 12.6. The molecule has 0 N–H and O–H groups in total. The van der Waals surface area contributed by atoms with Crippen LogP contribution in [-0.2, 0) is 20.0 Å². The summed E-state index contributed by atoms with van der Waals surface area (Å²) >= 11 is 0.949. The van der Waals surface area contributed by atoms with Crippen molar-refractivity contribution in [3.63, 3.8) is 0 Å². The van der Waals surface area contributed by atoms with E-state index in [9.17, 15) is 27.6 Å². The molecule has 4 aromatic rings. The number of halogens is 4. The van der Waals surface area contributed by atoms with Crippen molar-refractivity contribution in [3.05, 3.63) is 96.7 Å². The Balaban J connectivity index is 0.000000797. The third kappa shape index (κ3) is 8.05. The number of benzene rings is 2. The number of pyridine rings is 1. The number of alkyl halides is 3. The highest BCUT2D eigenvalue weighted by Crippen LogP contribution is 2.25. The average Bonchev–Trinajstić information content (AvgIpc) is 2.94. The Bertz CT molecular complexity index is 1690. The van der Waals surface area contributed by atoms with Crippen molar-refractivity contribution >= 4 is 23.1 Å². The maximum absolute atomic E-state index is 15.3. The average molecular weight is 612 g/mol. The van der Waals surface area contributed by atoms with E-state index in [1.165, 1.54) is 32.4 Å². The molecule has 0 saturated carbocycles. The molecular formula is C29H33F4N3O5S. The summed E-state index contributed by atoms with van der Waals surface area (Å²) < 4.78 is 60.3. The quantitative estimate of drug-likeness (QED) is 0.192. The van der Waals surface area contributed by atoms with E-state index >= 15 is 4.39 Å². The van der Waals surface area contributed by atoms with Crippen molar-refractivity contribution in [2.24, 2.45) is 7.05 Å². The molecule has 0 radical (unpaired) electrons. The van der Waals surface area contributed by atoms with Crippen LogP contribution in [0, 0.1) is 5.82 Å². The standard InChI is InChI=1S/C25H24FN3O5S.C2H3F3.C2H6/c1-5-15-8-11-19(18(26)12-15)29-23-22(20(34-35-4)13-21(30)27(23)2)24(31)28(25(29)32)14-16-6-9-17(33-3)10-7-16;1-2(3,4)5;1-2/h6-13H,5,14H2,1-4H3;1H3;1-2H3. The molecule has 0 saturated heterocycles. The number of ether oxygens (including phenoxy) is 1. The van der Waals surface area contributed by atoms with E-state index in [1.54, 1.807) is 36.6 Å². The van der Waals surface area contributed by atoms with Gasteiger partial charge < -0.3 is 8.92 Å². The summed E-state index contributed by atoms with van der Waals surface area (Å²) in [5.74, 6) is -0.0183. The van der Waals surface area contributed by atoms with Gasteiger partial charge in [0.1, 0.15) is 22.6 Å². The Hall–Kier alpha value is -4.00. The summed E-state index contributed by atoms with van der Waals surface area (Å²) in [6.45, 7) is 6.00. The smallest absolute Gasteiger partial charge is 0.386 e. The summed E-state index contributed by atoms with van der Waals surface area (Å²) in [6.07, 6.45) is -1.76. The van der Waals surface area contributed by atoms with E-state index in [4.69, 9.17) is 8.92 Å². The van der Waals surface area contributed by atoms with Crippen LogP contribution in [0.4, 0.5) is 17.6 Å². The van der Waals surface area contributed by atoms with Crippen molar-refractivity contribution < 1.29 is 26.5 Å². The second-order valence-corrected chi connectivity index (χ2v) is 9.13. The highest BCUT2D eigenvalue weighted by Gasteiger charge is 2.23. The summed E-state index contributed by atoms with van der Waals surface area (Å²) in [5, 5.41) is -0.00599. The zero-order valence-electron chi connectivity index (χ0n) is 24.3. The highest BCUT2D eigenvalue weighted by molar-refractivity contribution is 7.94. The maximum Gasteiger partial charge on any atom is 0.386 e. The zero-order valence-corrected chi connectivity index (χ0v) is 25.2. The first kappa shape index (κ1) is 34.2. The second kappa shape index (κ2) is 14.8. The number of aromatic nitrogens is 3. The molecule has 42 heavy (non-hydrogen) atoms. The Labute approximate surface area is 244 Å². The molecule has 0 bridgehead atoms. The second-order valence-electron chi connectivity index (χ2n) is 8.63. The largest absolute Gasteiger partial charge is 0.497 e. The minimum atomic E-state index is -4.00. The van der Waals surface area contributed by atoms with Gasteiger partial charge in [-0.15, -0.1) is 0 Å². The van der Waals surface area contributed by atoms with Crippen LogP contribution in [0.15, 0.2) is 62.9 Å². The van der Waals surface area contributed by atoms with E-state index in [-0.39, 0.29) is 35.9 Å². The van der Waals surface area contributed by atoms with Crippen LogP contribution >= 0.6 is 12.0 Å². The minimum Gasteiger partial charge on any atom is -0.497 e. The van der Waals surface area contributed by atoms with Crippen LogP contribution in [0.5, 0.6) is 11.5 Å². The third-order valence-corrected chi connectivity index (χ3v) is 6.15. The van der Waals surface area contributed by atoms with Crippen molar-refractivity contribution in [1.29, 1.82) is 0 Å². The van der Waals surface area contributed by atoms with Crippen LogP contribution in [0.1, 0.15) is 38.8 Å². The van der Waals surface area contributed by atoms with Gasteiger partial charge in [0, 0.05) is 26.3 Å². The Morgan fingerprint density at radius 2 is 1.52 bits per heavy atom. The van der Waals surface area contributed by atoms with E-state index in [2.05, 4.69) is 0 Å². The zero-order chi connectivity index (χ0) is 31.8. The van der Waals surface area contributed by atoms with Gasteiger partial charge >= 0.3 is 11.9 Å². The van der Waals surface area contributed by atoms with E-state index in [0.29, 0.717) is 17.7 Å². The Morgan fingerprint density at radius 3 is 2.02 bits per heavy atom. The summed E-state index contributed by atoms with van der Waals surface area (Å²) in [5.41, 5.74) is -0.652. The fourth-order valence-corrected chi connectivity index (χ4v) is 4.25. The molecule has 2 heterocycles. The highest BCUT2D eigenvalue weighted by atomic mass is 32.2. The monoisotopic (exact) mass is 611 g/mol. The molecule has 2 aromatic heterocycles. The van der Waals surface area contributed by atoms with Crippen LogP contribution in [0.3, 0.4) is 0 Å². The van der Waals surface area contributed by atoms with Gasteiger partial charge in [-0.1, -0.05) is 39.0 Å². The van der Waals surface area contributed by atoms with E-state index < -0.39 is 28.8 Å². The molecule has 0 aliphatic heterocycles. The molecule has 0 amide bonds. The molecule has 0 unspecified atom stereocenters. The predicted molar refractivity (Wildman–Crippen MR) is 158 cm³/mol. The van der Waals surface area contributed by atoms with Gasteiger partial charge in [-0.2, -0.15) is 13.2 Å². The molecule has 228 valence electrons. The van der Waals surface area contributed by atoms with Crippen LogP contribution in [0.25, 0.3) is 16.7 Å². The number of aryl methyl sites for hydroxylation is 2. The number of rotatable bonds is 7. The van der Waals surface area contributed by atoms with Crippen LogP contribution in [-0.4, -0.2) is 33.2 Å². The fourth-order valence-electron chi connectivity index (χ4n) is 3.94. The number of hydrogen-bond donors (Lipinski definition) is 0. The van der Waals surface area contributed by atoms with Gasteiger partial charge in [0.05, 0.1) is 31.4 Å². The van der Waals surface area contributed by atoms with Crippen molar-refractivity contribution in [2.75, 3.05) is 13.4 Å². The molecule has 0 fully saturated rings. The van der Waals surface area contributed by atoms with Crippen molar-refractivity contribution in [2.45, 2.75) is 46.8 Å². The molecule has 4 rings (SSSR count). The summed E-state index contributed by atoms with van der Waals surface area (Å²) in [7, 11) is 2.96. The number of methoxy groups -OCH3 is 1. The molecule has 0 aliphatic rings. The van der Waals surface area contributed by atoms with Gasteiger partial charge in [0.25, 0.3) is 11.1 Å². The first-order valence-electron chi connectivity index (χ1n) is 12.9. The lowest BCUT2D eigenvalue weighted by atomic mass is 10.1. The minimum absolute atomic E-state index is 0.00316. The fraction of sp³-hybridized carbons (Fsp3) is 0.345. The first-order chi connectivity index (χ1) is 19.8. The Kier molecular flexibility index (Phi) is 12.0. The van der Waals surface area contributed by atoms with Crippen molar-refractivity contribution in [3.8, 4) is 17.2 Å². The molecule has 0 atom stereocenters. The number of hydrogen-bond acceptors (Lipinski definition) is 6. The van der Waals surface area contributed by atoms with Gasteiger partial charge in [-0.25, -0.2) is 13.8 Å².